The molecule has 1 aromatic heterocycles. The van der Waals surface area contributed by atoms with Gasteiger partial charge < -0.3 is 14.8 Å². The molecule has 3 heterocycles. The second-order valence-corrected chi connectivity index (χ2v) is 4.71. The molecular formula is C12H12N6O4. The molecule has 114 valence electrons. The Morgan fingerprint density at radius 2 is 2.36 bits per heavy atom. The van der Waals surface area contributed by atoms with E-state index in [0.717, 1.165) is 0 Å². The topological polar surface area (TPSA) is 130 Å². The Morgan fingerprint density at radius 1 is 1.50 bits per heavy atom. The van der Waals surface area contributed by atoms with Gasteiger partial charge in [0.15, 0.2) is 18.2 Å². The van der Waals surface area contributed by atoms with Gasteiger partial charge in [0.05, 0.1) is 6.54 Å². The standard InChI is InChI=1S/C12H12N6O4/c13-17-14-4-3-7-5-18(12(20)22-7)9-2-1-8-11(15-9)16-10(19)6-21-8/h1-2,7H,3-6H2,(H,15,16,19)/t7-/m1/s1. The molecule has 2 amide bonds. The zero-order chi connectivity index (χ0) is 15.5. The van der Waals surface area contributed by atoms with Crippen molar-refractivity contribution < 1.29 is 19.1 Å². The highest BCUT2D eigenvalue weighted by molar-refractivity contribution is 5.95. The Hall–Kier alpha value is -3.00. The van der Waals surface area contributed by atoms with Crippen LogP contribution in [-0.4, -0.2) is 42.8 Å². The van der Waals surface area contributed by atoms with Crippen LogP contribution in [0.1, 0.15) is 6.42 Å². The minimum atomic E-state index is -0.526. The maximum Gasteiger partial charge on any atom is 0.415 e. The summed E-state index contributed by atoms with van der Waals surface area (Å²) in [6.07, 6.45) is -0.444. The summed E-state index contributed by atoms with van der Waals surface area (Å²) in [6, 6.07) is 3.26. The smallest absolute Gasteiger partial charge is 0.415 e. The number of ether oxygens (including phenoxy) is 2. The summed E-state index contributed by atoms with van der Waals surface area (Å²) in [6.45, 7) is 0.505. The van der Waals surface area contributed by atoms with E-state index in [4.69, 9.17) is 15.0 Å². The summed E-state index contributed by atoms with van der Waals surface area (Å²) < 4.78 is 10.4. The average Bonchev–Trinajstić information content (AvgIpc) is 2.87. The molecule has 0 aliphatic carbocycles. The lowest BCUT2D eigenvalue weighted by Crippen LogP contribution is -2.29. The first-order chi connectivity index (χ1) is 10.7. The number of carbonyl (C=O) groups is 2. The molecule has 10 nitrogen and oxygen atoms in total. The van der Waals surface area contributed by atoms with Crippen LogP contribution in [0.25, 0.3) is 10.4 Å². The van der Waals surface area contributed by atoms with E-state index in [1.807, 2.05) is 0 Å². The summed E-state index contributed by atoms with van der Waals surface area (Å²) in [5, 5.41) is 6.00. The largest absolute Gasteiger partial charge is 0.480 e. The average molecular weight is 304 g/mol. The molecule has 0 unspecified atom stereocenters. The molecule has 0 radical (unpaired) electrons. The predicted molar refractivity (Wildman–Crippen MR) is 74.6 cm³/mol. The van der Waals surface area contributed by atoms with Gasteiger partial charge in [0.25, 0.3) is 5.91 Å². The van der Waals surface area contributed by atoms with Gasteiger partial charge in [0.2, 0.25) is 0 Å². The third kappa shape index (κ3) is 2.72. The van der Waals surface area contributed by atoms with E-state index in [1.54, 1.807) is 12.1 Å². The Balaban J connectivity index is 1.74. The molecular weight excluding hydrogens is 292 g/mol. The van der Waals surface area contributed by atoms with Crippen molar-refractivity contribution in [2.24, 2.45) is 5.11 Å². The SMILES string of the molecule is [N-]=[N+]=NCC[C@@H]1CN(c2ccc3c(n2)NC(=O)CO3)C(=O)O1. The third-order valence-corrected chi connectivity index (χ3v) is 3.23. The van der Waals surface area contributed by atoms with Crippen molar-refractivity contribution >= 4 is 23.6 Å². The summed E-state index contributed by atoms with van der Waals surface area (Å²) in [4.78, 5) is 31.4. The Labute approximate surface area is 124 Å². The van der Waals surface area contributed by atoms with Gasteiger partial charge in [0.1, 0.15) is 11.9 Å². The molecule has 22 heavy (non-hydrogen) atoms. The molecule has 1 saturated heterocycles. The molecule has 1 atom stereocenters. The first kappa shape index (κ1) is 14.0. The van der Waals surface area contributed by atoms with Crippen molar-refractivity contribution in [2.75, 3.05) is 29.9 Å². The molecule has 0 aromatic carbocycles. The zero-order valence-electron chi connectivity index (χ0n) is 11.4. The van der Waals surface area contributed by atoms with Crippen LogP contribution in [0.2, 0.25) is 0 Å². The molecule has 2 aliphatic heterocycles. The van der Waals surface area contributed by atoms with Crippen LogP contribution in [0.3, 0.4) is 0 Å². The van der Waals surface area contributed by atoms with Crippen LogP contribution in [0.4, 0.5) is 16.4 Å². The first-order valence-electron chi connectivity index (χ1n) is 6.60. The summed E-state index contributed by atoms with van der Waals surface area (Å²) in [7, 11) is 0. The highest BCUT2D eigenvalue weighted by Gasteiger charge is 2.33. The number of aromatic nitrogens is 1. The molecule has 0 saturated carbocycles. The number of nitrogens with zero attached hydrogens (tertiary/aromatic N) is 5. The number of cyclic esters (lactones) is 1. The van der Waals surface area contributed by atoms with Crippen LogP contribution >= 0.6 is 0 Å². The number of anilines is 2. The van der Waals surface area contributed by atoms with Gasteiger partial charge in [-0.1, -0.05) is 5.11 Å². The van der Waals surface area contributed by atoms with E-state index in [9.17, 15) is 9.59 Å². The lowest BCUT2D eigenvalue weighted by atomic mass is 10.2. The van der Waals surface area contributed by atoms with Crippen molar-refractivity contribution in [1.29, 1.82) is 0 Å². The minimum Gasteiger partial charge on any atom is -0.480 e. The van der Waals surface area contributed by atoms with Gasteiger partial charge >= 0.3 is 6.09 Å². The lowest BCUT2D eigenvalue weighted by Gasteiger charge is -2.19. The number of amides is 2. The number of azide groups is 1. The molecule has 2 aliphatic rings. The van der Waals surface area contributed by atoms with Gasteiger partial charge in [-0.2, -0.15) is 0 Å². The molecule has 3 rings (SSSR count). The Kier molecular flexibility index (Phi) is 3.67. The van der Waals surface area contributed by atoms with Crippen molar-refractivity contribution in [3.05, 3.63) is 22.6 Å². The van der Waals surface area contributed by atoms with E-state index in [0.29, 0.717) is 24.5 Å². The fourth-order valence-electron chi connectivity index (χ4n) is 2.21. The molecule has 1 fully saturated rings. The molecule has 0 spiro atoms. The van der Waals surface area contributed by atoms with Crippen molar-refractivity contribution in [3.8, 4) is 5.75 Å². The molecule has 1 aromatic rings. The van der Waals surface area contributed by atoms with E-state index < -0.39 is 6.09 Å². The van der Waals surface area contributed by atoms with Crippen molar-refractivity contribution in [2.45, 2.75) is 12.5 Å². The van der Waals surface area contributed by atoms with Crippen molar-refractivity contribution in [1.82, 2.24) is 4.98 Å². The minimum absolute atomic E-state index is 0.0543. The number of hydrogen-bond acceptors (Lipinski definition) is 6. The Morgan fingerprint density at radius 3 is 3.18 bits per heavy atom. The van der Waals surface area contributed by atoms with Gasteiger partial charge in [-0.3, -0.25) is 9.69 Å². The molecule has 0 bridgehead atoms. The van der Waals surface area contributed by atoms with Crippen LogP contribution in [-0.2, 0) is 9.53 Å². The van der Waals surface area contributed by atoms with Crippen LogP contribution in [0.5, 0.6) is 5.75 Å². The van der Waals surface area contributed by atoms with Gasteiger partial charge in [-0.05, 0) is 24.1 Å². The molecule has 10 heteroatoms. The summed E-state index contributed by atoms with van der Waals surface area (Å²) >= 11 is 0. The highest BCUT2D eigenvalue weighted by Crippen LogP contribution is 2.30. The fraction of sp³-hybridized carbons (Fsp3) is 0.417. The lowest BCUT2D eigenvalue weighted by molar-refractivity contribution is -0.118. The first-order valence-corrected chi connectivity index (χ1v) is 6.60. The second kappa shape index (κ2) is 5.78. The van der Waals surface area contributed by atoms with E-state index >= 15 is 0 Å². The second-order valence-electron chi connectivity index (χ2n) is 4.71. The predicted octanol–water partition coefficient (Wildman–Crippen LogP) is 1.44. The zero-order valence-corrected chi connectivity index (χ0v) is 11.4. The maximum absolute atomic E-state index is 11.9. The van der Waals surface area contributed by atoms with Crippen LogP contribution in [0.15, 0.2) is 17.2 Å². The number of fused-ring (bicyclic) bond motifs is 1. The van der Waals surface area contributed by atoms with Gasteiger partial charge in [0, 0.05) is 11.5 Å². The van der Waals surface area contributed by atoms with E-state index in [1.165, 1.54) is 4.90 Å². The van der Waals surface area contributed by atoms with Crippen LogP contribution < -0.4 is 15.0 Å². The number of hydrogen-bond donors (Lipinski definition) is 1. The number of pyridine rings is 1. The van der Waals surface area contributed by atoms with Gasteiger partial charge in [-0.15, -0.1) is 0 Å². The van der Waals surface area contributed by atoms with E-state index in [-0.39, 0.29) is 31.0 Å². The third-order valence-electron chi connectivity index (χ3n) is 3.23. The fourth-order valence-corrected chi connectivity index (χ4v) is 2.21. The quantitative estimate of drug-likeness (QED) is 0.511. The highest BCUT2D eigenvalue weighted by atomic mass is 16.6. The van der Waals surface area contributed by atoms with Gasteiger partial charge in [-0.25, -0.2) is 9.78 Å². The number of carbonyl (C=O) groups excluding carboxylic acids is 2. The molecule has 1 N–H and O–H groups in total. The number of nitrogens with one attached hydrogen (secondary N) is 1. The van der Waals surface area contributed by atoms with E-state index in [2.05, 4.69) is 20.3 Å². The number of rotatable bonds is 4. The summed E-state index contributed by atoms with van der Waals surface area (Å²) in [5.74, 6) is 0.795. The Bertz CT molecular complexity index is 672. The normalized spacial score (nSPS) is 19.6. The van der Waals surface area contributed by atoms with Crippen molar-refractivity contribution in [3.63, 3.8) is 0 Å². The van der Waals surface area contributed by atoms with Crippen LogP contribution in [0, 0.1) is 0 Å². The maximum atomic E-state index is 11.9. The summed E-state index contributed by atoms with van der Waals surface area (Å²) in [5.41, 5.74) is 8.24. The monoisotopic (exact) mass is 304 g/mol.